The predicted molar refractivity (Wildman–Crippen MR) is 89.9 cm³/mol. The molecule has 0 aromatic heterocycles. The summed E-state index contributed by atoms with van der Waals surface area (Å²) in [5.74, 6) is 0.218. The van der Waals surface area contributed by atoms with E-state index in [0.29, 0.717) is 6.42 Å². The second-order valence-electron chi connectivity index (χ2n) is 5.57. The number of carbonyl (C=O) groups is 1. The summed E-state index contributed by atoms with van der Waals surface area (Å²) in [4.78, 5) is 13.7. The van der Waals surface area contributed by atoms with Crippen LogP contribution in [0.15, 0.2) is 36.4 Å². The number of guanidine groups is 1. The average Bonchev–Trinajstić information content (AvgIpc) is 3.02. The molecule has 0 spiro atoms. The Morgan fingerprint density at radius 2 is 1.82 bits per heavy atom. The first-order valence-corrected chi connectivity index (χ1v) is 7.78. The molecule has 118 valence electrons. The van der Waals surface area contributed by atoms with Crippen molar-refractivity contribution in [3.63, 3.8) is 0 Å². The standard InChI is InChI=1S/C17H24N4O/c18-17(19)20-15-10-8-14(9-11-15)6-2-1-3-7-16(22)21-12-4-5-13-21/h4-5,8-11H,1-3,6-7,12-13H2,(H4,18,19,20). The minimum absolute atomic E-state index is 0.0504. The van der Waals surface area contributed by atoms with Gasteiger partial charge in [-0.15, -0.1) is 0 Å². The van der Waals surface area contributed by atoms with Gasteiger partial charge in [-0.3, -0.25) is 10.2 Å². The Bertz CT molecular complexity index is 528. The van der Waals surface area contributed by atoms with Crippen molar-refractivity contribution in [3.8, 4) is 0 Å². The van der Waals surface area contributed by atoms with Crippen LogP contribution in [-0.2, 0) is 11.2 Å². The summed E-state index contributed by atoms with van der Waals surface area (Å²) in [7, 11) is 0. The molecule has 0 fully saturated rings. The first kappa shape index (κ1) is 16.1. The van der Waals surface area contributed by atoms with E-state index in [4.69, 9.17) is 11.1 Å². The van der Waals surface area contributed by atoms with Crippen LogP contribution in [0, 0.1) is 5.41 Å². The van der Waals surface area contributed by atoms with Gasteiger partial charge in [0.25, 0.3) is 0 Å². The van der Waals surface area contributed by atoms with Crippen LogP contribution < -0.4 is 11.1 Å². The maximum absolute atomic E-state index is 11.9. The summed E-state index contributed by atoms with van der Waals surface area (Å²) in [5, 5.41) is 9.93. The fraction of sp³-hybridized carbons (Fsp3) is 0.412. The Balaban J connectivity index is 1.60. The quantitative estimate of drug-likeness (QED) is 0.313. The number of nitrogens with one attached hydrogen (secondary N) is 2. The van der Waals surface area contributed by atoms with E-state index in [1.54, 1.807) is 0 Å². The van der Waals surface area contributed by atoms with E-state index in [-0.39, 0.29) is 11.9 Å². The van der Waals surface area contributed by atoms with Gasteiger partial charge in [0.2, 0.25) is 5.91 Å². The molecule has 22 heavy (non-hydrogen) atoms. The number of hydrogen-bond acceptors (Lipinski definition) is 2. The van der Waals surface area contributed by atoms with Crippen LogP contribution in [0.1, 0.15) is 31.2 Å². The molecular formula is C17H24N4O. The summed E-state index contributed by atoms with van der Waals surface area (Å²) in [6.45, 7) is 1.55. The molecule has 0 bridgehead atoms. The van der Waals surface area contributed by atoms with Gasteiger partial charge in [0.05, 0.1) is 0 Å². The number of benzene rings is 1. The summed E-state index contributed by atoms with van der Waals surface area (Å²) in [6, 6.07) is 7.96. The van der Waals surface area contributed by atoms with Crippen molar-refractivity contribution in [1.29, 1.82) is 5.41 Å². The van der Waals surface area contributed by atoms with Gasteiger partial charge in [-0.2, -0.15) is 0 Å². The van der Waals surface area contributed by atoms with Gasteiger partial charge in [-0.05, 0) is 37.0 Å². The minimum atomic E-state index is -0.0504. The molecule has 0 atom stereocenters. The Labute approximate surface area is 131 Å². The minimum Gasteiger partial charge on any atom is -0.370 e. The molecule has 1 heterocycles. The average molecular weight is 300 g/mol. The number of nitrogens with two attached hydrogens (primary N) is 1. The maximum Gasteiger partial charge on any atom is 0.223 e. The van der Waals surface area contributed by atoms with E-state index in [1.165, 1.54) is 5.56 Å². The number of rotatable bonds is 7. The summed E-state index contributed by atoms with van der Waals surface area (Å²) >= 11 is 0. The highest BCUT2D eigenvalue weighted by atomic mass is 16.2. The lowest BCUT2D eigenvalue weighted by Crippen LogP contribution is -2.27. The van der Waals surface area contributed by atoms with Crippen LogP contribution in [0.5, 0.6) is 0 Å². The smallest absolute Gasteiger partial charge is 0.223 e. The predicted octanol–water partition coefficient (Wildman–Crippen LogP) is 2.49. The molecule has 0 saturated carbocycles. The van der Waals surface area contributed by atoms with Crippen molar-refractivity contribution in [2.45, 2.75) is 32.1 Å². The molecule has 1 aromatic rings. The third-order valence-electron chi connectivity index (χ3n) is 3.76. The highest BCUT2D eigenvalue weighted by molar-refractivity contribution is 5.89. The van der Waals surface area contributed by atoms with E-state index >= 15 is 0 Å². The molecule has 0 unspecified atom stereocenters. The zero-order valence-electron chi connectivity index (χ0n) is 12.8. The van der Waals surface area contributed by atoms with Gasteiger partial charge >= 0.3 is 0 Å². The second-order valence-corrected chi connectivity index (χ2v) is 5.57. The lowest BCUT2D eigenvalue weighted by molar-refractivity contribution is -0.129. The third kappa shape index (κ3) is 5.24. The van der Waals surface area contributed by atoms with Crippen LogP contribution in [-0.4, -0.2) is 29.9 Å². The molecule has 0 radical (unpaired) electrons. The number of amides is 1. The van der Waals surface area contributed by atoms with Crippen molar-refractivity contribution in [2.75, 3.05) is 18.4 Å². The Kier molecular flexibility index (Phi) is 6.01. The topological polar surface area (TPSA) is 82.2 Å². The fourth-order valence-electron chi connectivity index (χ4n) is 2.53. The van der Waals surface area contributed by atoms with Gasteiger partial charge in [-0.25, -0.2) is 0 Å². The Morgan fingerprint density at radius 1 is 1.14 bits per heavy atom. The van der Waals surface area contributed by atoms with E-state index in [0.717, 1.165) is 44.5 Å². The number of unbranched alkanes of at least 4 members (excludes halogenated alkanes) is 2. The van der Waals surface area contributed by atoms with Crippen LogP contribution in [0.25, 0.3) is 0 Å². The van der Waals surface area contributed by atoms with Crippen LogP contribution >= 0.6 is 0 Å². The van der Waals surface area contributed by atoms with Gasteiger partial charge in [0, 0.05) is 25.2 Å². The zero-order chi connectivity index (χ0) is 15.8. The van der Waals surface area contributed by atoms with Crippen molar-refractivity contribution in [1.82, 2.24) is 4.90 Å². The molecule has 2 rings (SSSR count). The largest absolute Gasteiger partial charge is 0.370 e. The first-order valence-electron chi connectivity index (χ1n) is 7.78. The van der Waals surface area contributed by atoms with Crippen LogP contribution in [0.3, 0.4) is 0 Å². The van der Waals surface area contributed by atoms with Crippen molar-refractivity contribution >= 4 is 17.6 Å². The van der Waals surface area contributed by atoms with Gasteiger partial charge in [0.1, 0.15) is 0 Å². The first-order chi connectivity index (χ1) is 10.6. The molecule has 1 aliphatic rings. The zero-order valence-corrected chi connectivity index (χ0v) is 12.8. The second kappa shape index (κ2) is 8.22. The normalized spacial score (nSPS) is 13.4. The van der Waals surface area contributed by atoms with Gasteiger partial charge < -0.3 is 16.0 Å². The molecular weight excluding hydrogens is 276 g/mol. The molecule has 5 nitrogen and oxygen atoms in total. The van der Waals surface area contributed by atoms with Crippen LogP contribution in [0.4, 0.5) is 5.69 Å². The van der Waals surface area contributed by atoms with E-state index < -0.39 is 0 Å². The van der Waals surface area contributed by atoms with Crippen molar-refractivity contribution < 1.29 is 4.79 Å². The SMILES string of the molecule is N=C(N)Nc1ccc(CCCCCC(=O)N2CC=CC2)cc1. The van der Waals surface area contributed by atoms with Crippen molar-refractivity contribution in [3.05, 3.63) is 42.0 Å². The van der Waals surface area contributed by atoms with Gasteiger partial charge in [-0.1, -0.05) is 30.7 Å². The number of anilines is 1. The molecule has 0 aliphatic carbocycles. The monoisotopic (exact) mass is 300 g/mol. The summed E-state index contributed by atoms with van der Waals surface area (Å²) < 4.78 is 0. The third-order valence-corrected chi connectivity index (χ3v) is 3.76. The van der Waals surface area contributed by atoms with E-state index in [2.05, 4.69) is 5.32 Å². The van der Waals surface area contributed by atoms with Crippen molar-refractivity contribution in [2.24, 2.45) is 5.73 Å². The maximum atomic E-state index is 11.9. The highest BCUT2D eigenvalue weighted by Gasteiger charge is 2.12. The molecule has 1 amide bonds. The highest BCUT2D eigenvalue weighted by Crippen LogP contribution is 2.13. The molecule has 4 N–H and O–H groups in total. The number of aryl methyl sites for hydroxylation is 1. The van der Waals surface area contributed by atoms with E-state index in [9.17, 15) is 4.79 Å². The molecule has 1 aromatic carbocycles. The Hall–Kier alpha value is -2.30. The summed E-state index contributed by atoms with van der Waals surface area (Å²) in [5.41, 5.74) is 7.39. The van der Waals surface area contributed by atoms with E-state index in [1.807, 2.05) is 41.3 Å². The Morgan fingerprint density at radius 3 is 2.45 bits per heavy atom. The summed E-state index contributed by atoms with van der Waals surface area (Å²) in [6.07, 6.45) is 8.87. The molecule has 1 aliphatic heterocycles. The lowest BCUT2D eigenvalue weighted by Gasteiger charge is -2.14. The molecule has 5 heteroatoms. The number of carbonyl (C=O) groups excluding carboxylic acids is 1. The number of hydrogen-bond donors (Lipinski definition) is 3. The lowest BCUT2D eigenvalue weighted by atomic mass is 10.1. The fourth-order valence-corrected chi connectivity index (χ4v) is 2.53. The number of nitrogens with zero attached hydrogens (tertiary/aromatic N) is 1. The van der Waals surface area contributed by atoms with Crippen LogP contribution in [0.2, 0.25) is 0 Å². The van der Waals surface area contributed by atoms with Gasteiger partial charge in [0.15, 0.2) is 5.96 Å². The molecule has 0 saturated heterocycles.